The van der Waals surface area contributed by atoms with Gasteiger partial charge >= 0.3 is 155 Å². The molecule has 30 heavy (non-hydrogen) atoms. The molecule has 0 radical (unpaired) electrons. The van der Waals surface area contributed by atoms with Gasteiger partial charge in [0.05, 0.1) is 0 Å². The fourth-order valence-electron chi connectivity index (χ4n) is 3.34. The van der Waals surface area contributed by atoms with E-state index in [1.165, 1.54) is 11.5 Å². The Balaban J connectivity index is 1.89. The van der Waals surface area contributed by atoms with Crippen molar-refractivity contribution in [3.8, 4) is 0 Å². The third kappa shape index (κ3) is 5.01. The average molecular weight is 538 g/mol. The summed E-state index contributed by atoms with van der Waals surface area (Å²) in [5.74, 6) is 0.742. The summed E-state index contributed by atoms with van der Waals surface area (Å²) in [6.07, 6.45) is 5.94. The van der Waals surface area contributed by atoms with E-state index in [0.29, 0.717) is 0 Å². The summed E-state index contributed by atoms with van der Waals surface area (Å²) in [4.78, 5) is 11.7. The molecule has 0 aliphatic rings. The first-order chi connectivity index (χ1) is 14.5. The Labute approximate surface area is 193 Å². The van der Waals surface area contributed by atoms with Crippen LogP contribution < -0.4 is 30.3 Å². The van der Waals surface area contributed by atoms with Gasteiger partial charge in [-0.25, -0.2) is 0 Å². The zero-order valence-corrected chi connectivity index (χ0v) is 21.1. The number of fused-ring (bicyclic) bond motifs is 1. The molecule has 3 aromatic rings. The quantitative estimate of drug-likeness (QED) is 0.233. The second kappa shape index (κ2) is 10.4. The summed E-state index contributed by atoms with van der Waals surface area (Å²) in [5.41, 5.74) is 4.96. The Morgan fingerprint density at radius 2 is 2.17 bits per heavy atom. The summed E-state index contributed by atoms with van der Waals surface area (Å²) in [6.45, 7) is 16.4. The van der Waals surface area contributed by atoms with Gasteiger partial charge in [-0.05, 0) is 20.0 Å². The number of imidazole rings is 1. The number of nitrogens with one attached hydrogen (secondary N) is 2. The van der Waals surface area contributed by atoms with Crippen LogP contribution in [0.2, 0.25) is 0 Å². The zero-order chi connectivity index (χ0) is 21.7. The zero-order valence-electron chi connectivity index (χ0n) is 18.1. The summed E-state index contributed by atoms with van der Waals surface area (Å²) >= 11 is 1.25. The second-order valence-corrected chi connectivity index (χ2v) is 9.84. The van der Waals surface area contributed by atoms with Crippen LogP contribution in [0.4, 0.5) is 10.8 Å². The van der Waals surface area contributed by atoms with E-state index in [-0.39, 0.29) is 27.5 Å². The van der Waals surface area contributed by atoms with Crippen molar-refractivity contribution >= 4 is 33.6 Å². The maximum absolute atomic E-state index is 4.70. The number of aryl methyl sites for hydroxylation is 1. The molecule has 0 fully saturated rings. The van der Waals surface area contributed by atoms with Crippen molar-refractivity contribution in [2.75, 3.05) is 18.4 Å². The molecule has 0 saturated heterocycles. The number of hydrogen-bond donors (Lipinski definition) is 2. The normalized spacial score (nSPS) is 13.2. The molecule has 1 unspecified atom stereocenters. The van der Waals surface area contributed by atoms with E-state index < -0.39 is 0 Å². The van der Waals surface area contributed by atoms with E-state index in [0.717, 1.165) is 52.2 Å². The molecule has 0 amide bonds. The molecule has 162 valence electrons. The van der Waals surface area contributed by atoms with E-state index in [1.54, 1.807) is 0 Å². The van der Waals surface area contributed by atoms with Gasteiger partial charge in [-0.15, -0.1) is 0 Å². The van der Waals surface area contributed by atoms with Gasteiger partial charge in [0, 0.05) is 0 Å². The first-order valence-electron chi connectivity index (χ1n) is 9.96. The molecule has 1 atom stereocenters. The standard InChI is InChI=1S/C21H29IN7S/c1-7-22-24-11-14(4)18-12-23-21-20(25-15(5)13-29(18)21)26-19-10-17(27-30-19)16(6)28(8-2)9-3/h7,10-13,16,24H,1,8-9H2,2-6H3,(H,25,26)/q-1/b14-11+. The van der Waals surface area contributed by atoms with Gasteiger partial charge in [0.15, 0.2) is 0 Å². The first-order valence-corrected chi connectivity index (χ1v) is 13.1. The Morgan fingerprint density at radius 1 is 1.40 bits per heavy atom. The molecule has 0 saturated carbocycles. The average Bonchev–Trinajstić information content (AvgIpc) is 3.36. The third-order valence-corrected chi connectivity index (χ3v) is 6.82. The van der Waals surface area contributed by atoms with Gasteiger partial charge in [-0.3, -0.25) is 4.90 Å². The van der Waals surface area contributed by atoms with Crippen LogP contribution in [0.1, 0.15) is 50.8 Å². The van der Waals surface area contributed by atoms with Gasteiger partial charge in [0.2, 0.25) is 0 Å². The topological polar surface area (TPSA) is 70.4 Å². The van der Waals surface area contributed by atoms with Crippen molar-refractivity contribution in [2.24, 2.45) is 0 Å². The number of hydrogen-bond acceptors (Lipinski definition) is 7. The number of halogens is 1. The fourth-order valence-corrected chi connectivity index (χ4v) is 4.96. The Bertz CT molecular complexity index is 1040. The Hall–Kier alpha value is -1.98. The number of rotatable bonds is 10. The van der Waals surface area contributed by atoms with Crippen LogP contribution in [0.25, 0.3) is 11.2 Å². The molecule has 3 heterocycles. The van der Waals surface area contributed by atoms with Crippen molar-refractivity contribution in [3.05, 3.63) is 52.4 Å². The van der Waals surface area contributed by atoms with Crippen molar-refractivity contribution in [1.82, 2.24) is 27.2 Å². The molecule has 0 aliphatic carbocycles. The number of nitrogens with zero attached hydrogens (tertiary/aromatic N) is 5. The molecule has 0 spiro atoms. The van der Waals surface area contributed by atoms with Gasteiger partial charge < -0.3 is 0 Å². The molecule has 0 aliphatic heterocycles. The Morgan fingerprint density at radius 3 is 2.87 bits per heavy atom. The predicted molar refractivity (Wildman–Crippen MR) is 121 cm³/mol. The summed E-state index contributed by atoms with van der Waals surface area (Å²) in [7, 11) is 0. The van der Waals surface area contributed by atoms with Crippen LogP contribution in [0.15, 0.2) is 35.3 Å². The van der Waals surface area contributed by atoms with Crippen LogP contribution in [-0.2, 0) is 0 Å². The van der Waals surface area contributed by atoms with E-state index in [4.69, 9.17) is 4.98 Å². The summed E-state index contributed by atoms with van der Waals surface area (Å²) < 4.78 is 12.0. The van der Waals surface area contributed by atoms with E-state index in [1.807, 2.05) is 29.6 Å². The van der Waals surface area contributed by atoms with Crippen LogP contribution in [0.5, 0.6) is 0 Å². The van der Waals surface area contributed by atoms with Gasteiger partial charge in [-0.1, -0.05) is 13.8 Å². The first kappa shape index (κ1) is 22.7. The molecular weight excluding hydrogens is 509 g/mol. The van der Waals surface area contributed by atoms with Crippen LogP contribution in [0.3, 0.4) is 0 Å². The summed E-state index contributed by atoms with van der Waals surface area (Å²) in [5, 5.41) is 4.41. The number of anilines is 2. The van der Waals surface area contributed by atoms with Gasteiger partial charge in [-0.2, -0.15) is 0 Å². The van der Waals surface area contributed by atoms with Gasteiger partial charge in [0.1, 0.15) is 0 Å². The van der Waals surface area contributed by atoms with Crippen LogP contribution >= 0.6 is 11.5 Å². The minimum atomic E-state index is -0.211. The molecule has 3 rings (SSSR count). The van der Waals surface area contributed by atoms with Crippen molar-refractivity contribution in [2.45, 2.75) is 40.7 Å². The minimum absolute atomic E-state index is 0.211. The van der Waals surface area contributed by atoms with Crippen molar-refractivity contribution in [1.29, 1.82) is 0 Å². The van der Waals surface area contributed by atoms with Crippen molar-refractivity contribution in [3.63, 3.8) is 0 Å². The third-order valence-electron chi connectivity index (χ3n) is 4.99. The molecular formula is C21H29IN7S-. The molecule has 7 nitrogen and oxygen atoms in total. The van der Waals surface area contributed by atoms with E-state index in [2.05, 4.69) is 67.8 Å². The van der Waals surface area contributed by atoms with E-state index in [9.17, 15) is 0 Å². The van der Waals surface area contributed by atoms with Gasteiger partial charge in [0.25, 0.3) is 0 Å². The second-order valence-electron chi connectivity index (χ2n) is 6.91. The molecule has 9 heteroatoms. The molecule has 0 aromatic carbocycles. The summed E-state index contributed by atoms with van der Waals surface area (Å²) in [6, 6.07) is 2.40. The predicted octanol–water partition coefficient (Wildman–Crippen LogP) is 1.74. The molecule has 2 N–H and O–H groups in total. The van der Waals surface area contributed by atoms with Crippen LogP contribution in [0, 0.1) is 6.92 Å². The van der Waals surface area contributed by atoms with Crippen LogP contribution in [-0.4, -0.2) is 36.7 Å². The van der Waals surface area contributed by atoms with Crippen molar-refractivity contribution < 1.29 is 21.5 Å². The number of aromatic nitrogens is 4. The monoisotopic (exact) mass is 538 g/mol. The maximum atomic E-state index is 4.70. The molecule has 3 aromatic heterocycles. The SMILES string of the molecule is C=C[I-]N/C=C(\C)c1cnc2c(Nc3cc(C(C)N(CC)CC)ns3)nc(C)cn12. The van der Waals surface area contributed by atoms with E-state index >= 15 is 0 Å². The molecule has 0 bridgehead atoms. The fraction of sp³-hybridized carbons (Fsp3) is 0.381. The number of allylic oxidation sites excluding steroid dienone is 1. The Kier molecular flexibility index (Phi) is 7.84.